The van der Waals surface area contributed by atoms with Crippen LogP contribution >= 0.6 is 0 Å². The monoisotopic (exact) mass is 483 g/mol. The van der Waals surface area contributed by atoms with Crippen molar-refractivity contribution < 1.29 is 13.9 Å². The molecular weight excluding hydrogens is 457 g/mol. The minimum atomic E-state index is -0.250. The summed E-state index contributed by atoms with van der Waals surface area (Å²) in [5, 5.41) is 0. The van der Waals surface area contributed by atoms with Crippen LogP contribution in [0.15, 0.2) is 60.9 Å². The van der Waals surface area contributed by atoms with Crippen LogP contribution in [0.5, 0.6) is 0 Å². The first-order chi connectivity index (χ1) is 17.4. The maximum absolute atomic E-state index is 14.0. The number of halogens is 1. The van der Waals surface area contributed by atoms with Crippen molar-refractivity contribution in [3.63, 3.8) is 0 Å². The molecule has 182 valence electrons. The average molecular weight is 484 g/mol. The molecule has 8 heteroatoms. The van der Waals surface area contributed by atoms with E-state index in [0.29, 0.717) is 49.7 Å². The lowest BCUT2D eigenvalue weighted by Gasteiger charge is -2.27. The number of ether oxygens (including phenoxy) is 1. The number of hydrogen-bond acceptors (Lipinski definition) is 6. The number of aromatic nitrogens is 3. The van der Waals surface area contributed by atoms with Crippen molar-refractivity contribution in [1.29, 1.82) is 0 Å². The Hall–Kier alpha value is -3.91. The molecule has 0 spiro atoms. The number of nitrogens with zero attached hydrogens (tertiary/aromatic N) is 5. The number of pyridine rings is 1. The molecule has 7 nitrogen and oxygen atoms in total. The van der Waals surface area contributed by atoms with Crippen molar-refractivity contribution in [3.05, 3.63) is 77.9 Å². The molecule has 0 bridgehead atoms. The first kappa shape index (κ1) is 22.5. The number of rotatable bonds is 3. The van der Waals surface area contributed by atoms with Crippen LogP contribution in [0.3, 0.4) is 0 Å². The fourth-order valence-corrected chi connectivity index (χ4v) is 5.09. The molecule has 2 aliphatic heterocycles. The minimum absolute atomic E-state index is 0.00639. The van der Waals surface area contributed by atoms with Crippen molar-refractivity contribution >= 4 is 28.4 Å². The summed E-state index contributed by atoms with van der Waals surface area (Å²) in [6.45, 7) is 7.15. The zero-order valence-electron chi connectivity index (χ0n) is 20.2. The lowest BCUT2D eigenvalue weighted by atomic mass is 9.87. The third kappa shape index (κ3) is 3.87. The van der Waals surface area contributed by atoms with Gasteiger partial charge in [0.2, 0.25) is 0 Å². The van der Waals surface area contributed by atoms with E-state index in [0.717, 1.165) is 28.0 Å². The fourth-order valence-electron chi connectivity index (χ4n) is 5.09. The maximum atomic E-state index is 14.0. The lowest BCUT2D eigenvalue weighted by Crippen LogP contribution is -2.40. The van der Waals surface area contributed by atoms with Crippen LogP contribution in [0.2, 0.25) is 0 Å². The van der Waals surface area contributed by atoms with Crippen molar-refractivity contribution in [2.45, 2.75) is 19.3 Å². The van der Waals surface area contributed by atoms with E-state index in [1.165, 1.54) is 12.4 Å². The Morgan fingerprint density at radius 3 is 2.69 bits per heavy atom. The number of anilines is 2. The summed E-state index contributed by atoms with van der Waals surface area (Å²) in [5.74, 6) is 0.428. The second-order valence-electron chi connectivity index (χ2n) is 9.88. The average Bonchev–Trinajstić information content (AvgIpc) is 3.17. The number of fused-ring (bicyclic) bond motifs is 2. The Morgan fingerprint density at radius 2 is 1.86 bits per heavy atom. The molecule has 1 amide bonds. The number of morpholine rings is 1. The van der Waals surface area contributed by atoms with E-state index in [2.05, 4.69) is 28.7 Å². The SMILES string of the molecule is CC1(C)CN(c2ncnc3ccc(-c4cccc(C(=O)N5CCOCC5)c4)nc23)c2ccc(F)cc21. The summed E-state index contributed by atoms with van der Waals surface area (Å²) in [5.41, 5.74) is 5.19. The van der Waals surface area contributed by atoms with Gasteiger partial charge in [-0.3, -0.25) is 4.79 Å². The van der Waals surface area contributed by atoms with Gasteiger partial charge in [-0.2, -0.15) is 0 Å². The quantitative estimate of drug-likeness (QED) is 0.420. The van der Waals surface area contributed by atoms with E-state index < -0.39 is 0 Å². The number of hydrogen-bond donors (Lipinski definition) is 0. The van der Waals surface area contributed by atoms with E-state index in [-0.39, 0.29) is 17.1 Å². The maximum Gasteiger partial charge on any atom is 0.254 e. The smallest absolute Gasteiger partial charge is 0.254 e. The predicted molar refractivity (Wildman–Crippen MR) is 136 cm³/mol. The lowest BCUT2D eigenvalue weighted by molar-refractivity contribution is 0.0303. The van der Waals surface area contributed by atoms with Gasteiger partial charge in [0, 0.05) is 41.9 Å². The summed E-state index contributed by atoms with van der Waals surface area (Å²) in [4.78, 5) is 30.9. The van der Waals surface area contributed by atoms with Gasteiger partial charge >= 0.3 is 0 Å². The van der Waals surface area contributed by atoms with Gasteiger partial charge in [-0.05, 0) is 48.0 Å². The second-order valence-corrected chi connectivity index (χ2v) is 9.88. The van der Waals surface area contributed by atoms with Gasteiger partial charge in [0.05, 0.1) is 24.4 Å². The Balaban J connectivity index is 1.41. The molecule has 0 atom stereocenters. The number of amides is 1. The van der Waals surface area contributed by atoms with Gasteiger partial charge < -0.3 is 14.5 Å². The zero-order chi connectivity index (χ0) is 24.9. The van der Waals surface area contributed by atoms with Gasteiger partial charge in [-0.1, -0.05) is 26.0 Å². The Kier molecular flexibility index (Phi) is 5.41. The summed E-state index contributed by atoms with van der Waals surface area (Å²) < 4.78 is 19.4. The Morgan fingerprint density at radius 1 is 1.03 bits per heavy atom. The summed E-state index contributed by atoms with van der Waals surface area (Å²) in [6.07, 6.45) is 1.54. The van der Waals surface area contributed by atoms with Crippen LogP contribution in [0, 0.1) is 5.82 Å². The van der Waals surface area contributed by atoms with Crippen LogP contribution in [0.1, 0.15) is 29.8 Å². The molecule has 0 aliphatic carbocycles. The second kappa shape index (κ2) is 8.64. The molecule has 4 heterocycles. The van der Waals surface area contributed by atoms with E-state index >= 15 is 0 Å². The van der Waals surface area contributed by atoms with Crippen LogP contribution in [-0.2, 0) is 10.2 Å². The molecule has 4 aromatic rings. The number of carbonyl (C=O) groups excluding carboxylic acids is 1. The van der Waals surface area contributed by atoms with Crippen LogP contribution < -0.4 is 4.90 Å². The standard InChI is InChI=1S/C28H26FN5O2/c1-28(2)16-34(24-9-6-20(29)15-21(24)28)26-25-23(30-17-31-26)8-7-22(32-25)18-4-3-5-19(14-18)27(35)33-10-12-36-13-11-33/h3-9,14-15,17H,10-13,16H2,1-2H3. The molecule has 2 aliphatic rings. The number of carbonyl (C=O) groups is 1. The largest absolute Gasteiger partial charge is 0.378 e. The van der Waals surface area contributed by atoms with Gasteiger partial charge in [-0.25, -0.2) is 19.3 Å². The molecule has 0 saturated carbocycles. The van der Waals surface area contributed by atoms with Gasteiger partial charge in [0.1, 0.15) is 17.7 Å². The molecule has 0 N–H and O–H groups in total. The van der Waals surface area contributed by atoms with Gasteiger partial charge in [0.15, 0.2) is 5.82 Å². The van der Waals surface area contributed by atoms with Crippen molar-refractivity contribution in [2.75, 3.05) is 37.7 Å². The highest BCUT2D eigenvalue weighted by Gasteiger charge is 2.37. The van der Waals surface area contributed by atoms with Crippen molar-refractivity contribution in [1.82, 2.24) is 19.9 Å². The first-order valence-corrected chi connectivity index (χ1v) is 12.1. The Labute approximate surface area is 208 Å². The minimum Gasteiger partial charge on any atom is -0.378 e. The van der Waals surface area contributed by atoms with Crippen LogP contribution in [-0.4, -0.2) is 58.6 Å². The predicted octanol–water partition coefficient (Wildman–Crippen LogP) is 4.73. The topological polar surface area (TPSA) is 71.5 Å². The first-order valence-electron chi connectivity index (χ1n) is 12.1. The van der Waals surface area contributed by atoms with E-state index in [9.17, 15) is 9.18 Å². The third-order valence-corrected chi connectivity index (χ3v) is 6.95. The molecule has 2 aromatic heterocycles. The van der Waals surface area contributed by atoms with E-state index in [1.807, 2.05) is 41.3 Å². The number of benzene rings is 2. The summed E-state index contributed by atoms with van der Waals surface area (Å²) in [6, 6.07) is 16.3. The van der Waals surface area contributed by atoms with Gasteiger partial charge in [-0.15, -0.1) is 0 Å². The molecule has 36 heavy (non-hydrogen) atoms. The van der Waals surface area contributed by atoms with Crippen LogP contribution in [0.25, 0.3) is 22.3 Å². The zero-order valence-corrected chi connectivity index (χ0v) is 20.2. The molecule has 1 fully saturated rings. The Bertz CT molecular complexity index is 1480. The third-order valence-electron chi connectivity index (χ3n) is 6.95. The molecule has 6 rings (SSSR count). The van der Waals surface area contributed by atoms with E-state index in [1.54, 1.807) is 12.1 Å². The summed E-state index contributed by atoms with van der Waals surface area (Å²) in [7, 11) is 0. The molecule has 1 saturated heterocycles. The van der Waals surface area contributed by atoms with Gasteiger partial charge in [0.25, 0.3) is 5.91 Å². The van der Waals surface area contributed by atoms with Crippen molar-refractivity contribution in [3.8, 4) is 11.3 Å². The van der Waals surface area contributed by atoms with Crippen LogP contribution in [0.4, 0.5) is 15.9 Å². The molecular formula is C28H26FN5O2. The normalized spacial score (nSPS) is 16.9. The van der Waals surface area contributed by atoms with Crippen molar-refractivity contribution in [2.24, 2.45) is 0 Å². The molecule has 2 aromatic carbocycles. The summed E-state index contributed by atoms with van der Waals surface area (Å²) >= 11 is 0. The highest BCUT2D eigenvalue weighted by Crippen LogP contribution is 2.45. The van der Waals surface area contributed by atoms with E-state index in [4.69, 9.17) is 9.72 Å². The highest BCUT2D eigenvalue weighted by molar-refractivity contribution is 5.96. The fraction of sp³-hybridized carbons (Fsp3) is 0.286. The molecule has 0 radical (unpaired) electrons. The molecule has 0 unspecified atom stereocenters. The highest BCUT2D eigenvalue weighted by atomic mass is 19.1.